The third kappa shape index (κ3) is 2.81. The van der Waals surface area contributed by atoms with Gasteiger partial charge in [-0.15, -0.1) is 12.6 Å². The van der Waals surface area contributed by atoms with Crippen molar-refractivity contribution in [3.05, 3.63) is 0 Å². The van der Waals surface area contributed by atoms with Crippen molar-refractivity contribution in [1.29, 1.82) is 0 Å². The summed E-state index contributed by atoms with van der Waals surface area (Å²) >= 11 is 2.43. The SMILES string of the molecule is CO.FC(F)(F)C(S)(C(F)(F)F)C(F)(F)C1CC2CCC1C2. The molecule has 0 spiro atoms. The predicted octanol–water partition coefficient (Wildman–Crippen LogP) is 4.46. The van der Waals surface area contributed by atoms with E-state index in [0.29, 0.717) is 6.42 Å². The molecule has 1 N–H and O–H groups in total. The molecule has 0 heterocycles. The molecule has 3 atom stereocenters. The molecular weight excluding hydrogens is 344 g/mol. The van der Waals surface area contributed by atoms with Crippen LogP contribution in [0.25, 0.3) is 0 Å². The molecule has 132 valence electrons. The number of fused-ring (bicyclic) bond motifs is 2. The number of alkyl halides is 8. The molecule has 0 aliphatic heterocycles. The Hall–Kier alpha value is -0.250. The Morgan fingerprint density at radius 1 is 0.818 bits per heavy atom. The number of hydrogen-bond acceptors (Lipinski definition) is 2. The lowest BCUT2D eigenvalue weighted by molar-refractivity contribution is -0.327. The zero-order valence-electron chi connectivity index (χ0n) is 11.5. The van der Waals surface area contributed by atoms with Gasteiger partial charge in [0.15, 0.2) is 0 Å². The number of thiol groups is 1. The van der Waals surface area contributed by atoms with Crippen LogP contribution in [-0.4, -0.2) is 35.2 Å². The lowest BCUT2D eigenvalue weighted by Crippen LogP contribution is -2.66. The van der Waals surface area contributed by atoms with Crippen LogP contribution in [0.1, 0.15) is 25.7 Å². The molecule has 0 saturated heterocycles. The lowest BCUT2D eigenvalue weighted by Gasteiger charge is -2.43. The molecule has 0 radical (unpaired) electrons. The second kappa shape index (κ2) is 5.99. The van der Waals surface area contributed by atoms with Crippen LogP contribution in [0.5, 0.6) is 0 Å². The van der Waals surface area contributed by atoms with Gasteiger partial charge in [0.25, 0.3) is 10.7 Å². The van der Waals surface area contributed by atoms with Crippen molar-refractivity contribution < 1.29 is 40.2 Å². The third-order valence-electron chi connectivity index (χ3n) is 4.51. The summed E-state index contributed by atoms with van der Waals surface area (Å²) in [5.74, 6) is -7.88. The van der Waals surface area contributed by atoms with Crippen LogP contribution >= 0.6 is 12.6 Å². The smallest absolute Gasteiger partial charge is 0.400 e. The highest BCUT2D eigenvalue weighted by atomic mass is 32.1. The minimum Gasteiger partial charge on any atom is -0.400 e. The van der Waals surface area contributed by atoms with E-state index in [0.717, 1.165) is 7.11 Å². The van der Waals surface area contributed by atoms with E-state index >= 15 is 0 Å². The quantitative estimate of drug-likeness (QED) is 0.550. The first-order valence-corrected chi connectivity index (χ1v) is 6.95. The van der Waals surface area contributed by atoms with E-state index in [1.165, 1.54) is 0 Å². The number of halogens is 8. The van der Waals surface area contributed by atoms with Crippen molar-refractivity contribution in [1.82, 2.24) is 0 Å². The summed E-state index contributed by atoms with van der Waals surface area (Å²) in [5.41, 5.74) is 0. The van der Waals surface area contributed by atoms with Crippen LogP contribution in [0.4, 0.5) is 35.1 Å². The number of aliphatic hydroxyl groups is 1. The molecule has 1 nitrogen and oxygen atoms in total. The highest BCUT2D eigenvalue weighted by Crippen LogP contribution is 2.64. The molecule has 0 aromatic heterocycles. The summed E-state index contributed by atoms with van der Waals surface area (Å²) in [7, 11) is 1.00. The Kier molecular flexibility index (Phi) is 5.39. The van der Waals surface area contributed by atoms with Gasteiger partial charge in [-0.1, -0.05) is 6.42 Å². The van der Waals surface area contributed by atoms with Gasteiger partial charge in [0.05, 0.1) is 0 Å². The van der Waals surface area contributed by atoms with Gasteiger partial charge in [-0.3, -0.25) is 0 Å². The van der Waals surface area contributed by atoms with Crippen LogP contribution in [0.3, 0.4) is 0 Å². The summed E-state index contributed by atoms with van der Waals surface area (Å²) in [5, 5.41) is 7.00. The normalized spacial score (nSPS) is 29.3. The maximum Gasteiger partial charge on any atom is 0.417 e. The monoisotopic (exact) mass is 360 g/mol. The zero-order chi connectivity index (χ0) is 17.6. The molecule has 22 heavy (non-hydrogen) atoms. The molecule has 0 aromatic carbocycles. The van der Waals surface area contributed by atoms with Crippen LogP contribution in [0.15, 0.2) is 0 Å². The van der Waals surface area contributed by atoms with Crippen LogP contribution < -0.4 is 0 Å². The Morgan fingerprint density at radius 3 is 1.55 bits per heavy atom. The number of hydrogen-bond donors (Lipinski definition) is 2. The van der Waals surface area contributed by atoms with Crippen molar-refractivity contribution in [2.45, 2.75) is 48.7 Å². The van der Waals surface area contributed by atoms with E-state index in [2.05, 4.69) is 12.6 Å². The van der Waals surface area contributed by atoms with E-state index in [4.69, 9.17) is 5.11 Å². The Bertz CT molecular complexity index is 378. The van der Waals surface area contributed by atoms with E-state index in [1.54, 1.807) is 0 Å². The van der Waals surface area contributed by atoms with Crippen molar-refractivity contribution in [2.75, 3.05) is 7.11 Å². The summed E-state index contributed by atoms with van der Waals surface area (Å²) in [4.78, 5) is 0. The fourth-order valence-corrected chi connectivity index (χ4v) is 3.66. The van der Waals surface area contributed by atoms with E-state index in [9.17, 15) is 35.1 Å². The summed E-state index contributed by atoms with van der Waals surface area (Å²) in [6.07, 6.45) is -11.5. The molecule has 0 amide bonds. The standard InChI is InChI=1S/C11H12F8S.CH4O/c12-8(13,7-4-5-1-2-6(7)3-5)9(20,10(14,15)16)11(17,18)19;1-2/h5-7,20H,1-4H2;2H,1H3. The zero-order valence-corrected chi connectivity index (χ0v) is 12.4. The van der Waals surface area contributed by atoms with Gasteiger partial charge in [-0.05, 0) is 31.1 Å². The minimum atomic E-state index is -6.18. The van der Waals surface area contributed by atoms with Crippen molar-refractivity contribution in [3.63, 3.8) is 0 Å². The van der Waals surface area contributed by atoms with Gasteiger partial charge in [0, 0.05) is 13.0 Å². The molecule has 2 aliphatic carbocycles. The van der Waals surface area contributed by atoms with Gasteiger partial charge >= 0.3 is 12.4 Å². The summed E-state index contributed by atoms with van der Waals surface area (Å²) in [6.45, 7) is 0. The van der Waals surface area contributed by atoms with Gasteiger partial charge < -0.3 is 5.11 Å². The first-order chi connectivity index (χ1) is 9.82. The molecular formula is C12H16F8OS. The molecule has 2 saturated carbocycles. The highest BCUT2D eigenvalue weighted by molar-refractivity contribution is 7.82. The minimum absolute atomic E-state index is 0.199. The average molecular weight is 360 g/mol. The first kappa shape index (κ1) is 19.8. The average Bonchev–Trinajstić information content (AvgIpc) is 2.99. The molecule has 2 fully saturated rings. The highest BCUT2D eigenvalue weighted by Gasteiger charge is 2.82. The van der Waals surface area contributed by atoms with E-state index in [1.807, 2.05) is 0 Å². The Morgan fingerprint density at radius 2 is 1.27 bits per heavy atom. The van der Waals surface area contributed by atoms with Crippen LogP contribution in [0.2, 0.25) is 0 Å². The lowest BCUT2D eigenvalue weighted by atomic mass is 9.77. The molecule has 2 aliphatic rings. The van der Waals surface area contributed by atoms with Gasteiger partial charge in [0.2, 0.25) is 0 Å². The maximum atomic E-state index is 14.1. The fraction of sp³-hybridized carbons (Fsp3) is 1.00. The Labute approximate surface area is 127 Å². The van der Waals surface area contributed by atoms with Crippen molar-refractivity contribution in [2.24, 2.45) is 17.8 Å². The summed E-state index contributed by atoms with van der Waals surface area (Å²) < 4.78 is 99.2. The molecule has 10 heteroatoms. The molecule has 0 aromatic rings. The predicted molar refractivity (Wildman–Crippen MR) is 65.9 cm³/mol. The molecule has 3 unspecified atom stereocenters. The first-order valence-electron chi connectivity index (χ1n) is 6.50. The van der Waals surface area contributed by atoms with Crippen LogP contribution in [-0.2, 0) is 0 Å². The van der Waals surface area contributed by atoms with Crippen molar-refractivity contribution >= 4 is 12.6 Å². The Balaban J connectivity index is 0.00000116. The second-order valence-electron chi connectivity index (χ2n) is 5.61. The van der Waals surface area contributed by atoms with Crippen LogP contribution in [0, 0.1) is 17.8 Å². The topological polar surface area (TPSA) is 20.2 Å². The van der Waals surface area contributed by atoms with Gasteiger partial charge in [-0.2, -0.15) is 26.3 Å². The van der Waals surface area contributed by atoms with E-state index in [-0.39, 0.29) is 25.2 Å². The summed E-state index contributed by atoms with van der Waals surface area (Å²) in [6, 6.07) is 0. The number of rotatable bonds is 2. The molecule has 2 bridgehead atoms. The van der Waals surface area contributed by atoms with Gasteiger partial charge in [-0.25, -0.2) is 8.78 Å². The van der Waals surface area contributed by atoms with Crippen molar-refractivity contribution in [3.8, 4) is 0 Å². The largest absolute Gasteiger partial charge is 0.417 e. The number of aliphatic hydroxyl groups excluding tert-OH is 1. The maximum absolute atomic E-state index is 14.1. The second-order valence-corrected chi connectivity index (χ2v) is 6.28. The third-order valence-corrected chi connectivity index (χ3v) is 5.31. The van der Waals surface area contributed by atoms with E-state index < -0.39 is 34.9 Å². The fourth-order valence-electron chi connectivity index (χ4n) is 3.50. The molecule has 2 rings (SSSR count). The van der Waals surface area contributed by atoms with Gasteiger partial charge in [0.1, 0.15) is 0 Å².